The topological polar surface area (TPSA) is 50.4 Å². The lowest BCUT2D eigenvalue weighted by molar-refractivity contribution is -0.114. The van der Waals surface area contributed by atoms with Crippen molar-refractivity contribution < 1.29 is 9.53 Å². The number of anilines is 2. The van der Waals surface area contributed by atoms with Gasteiger partial charge in [0.05, 0.1) is 19.3 Å². The maximum absolute atomic E-state index is 12.0. The van der Waals surface area contributed by atoms with Crippen molar-refractivity contribution >= 4 is 39.9 Å². The molecule has 0 aliphatic heterocycles. The Morgan fingerprint density at radius 2 is 1.95 bits per heavy atom. The standard InChI is InChI=1S/C16H17IN2O2/c1-11-9-12(17)7-8-13(11)18-10-16(20)19-14-5-3-4-6-15(14)21-2/h3-9,18H,10H2,1-2H3,(H,19,20). The van der Waals surface area contributed by atoms with Gasteiger partial charge in [0, 0.05) is 9.26 Å². The molecule has 0 aliphatic rings. The summed E-state index contributed by atoms with van der Waals surface area (Å²) < 4.78 is 6.38. The van der Waals surface area contributed by atoms with E-state index in [1.807, 2.05) is 43.3 Å². The number of methoxy groups -OCH3 is 1. The molecule has 0 fully saturated rings. The first kappa shape index (κ1) is 15.6. The van der Waals surface area contributed by atoms with Gasteiger partial charge >= 0.3 is 0 Å². The van der Waals surface area contributed by atoms with Crippen LogP contribution in [0.15, 0.2) is 42.5 Å². The molecular weight excluding hydrogens is 379 g/mol. The number of ether oxygens (including phenoxy) is 1. The minimum Gasteiger partial charge on any atom is -0.495 e. The summed E-state index contributed by atoms with van der Waals surface area (Å²) in [5.41, 5.74) is 2.75. The van der Waals surface area contributed by atoms with E-state index in [4.69, 9.17) is 4.74 Å². The first-order valence-corrected chi connectivity index (χ1v) is 7.61. The molecule has 2 rings (SSSR count). The third kappa shape index (κ3) is 4.35. The van der Waals surface area contributed by atoms with Crippen LogP contribution in [0.25, 0.3) is 0 Å². The van der Waals surface area contributed by atoms with Gasteiger partial charge in [0.1, 0.15) is 5.75 Å². The Bertz CT molecular complexity index is 644. The van der Waals surface area contributed by atoms with Gasteiger partial charge in [-0.3, -0.25) is 4.79 Å². The number of para-hydroxylation sites is 2. The fourth-order valence-electron chi connectivity index (χ4n) is 1.94. The third-order valence-electron chi connectivity index (χ3n) is 3.01. The number of benzene rings is 2. The molecular formula is C16H17IN2O2. The molecule has 0 aliphatic carbocycles. The number of rotatable bonds is 5. The van der Waals surface area contributed by atoms with Gasteiger partial charge in [-0.1, -0.05) is 12.1 Å². The first-order valence-electron chi connectivity index (χ1n) is 6.53. The second-order valence-electron chi connectivity index (χ2n) is 4.56. The van der Waals surface area contributed by atoms with E-state index in [2.05, 4.69) is 39.3 Å². The Morgan fingerprint density at radius 3 is 2.67 bits per heavy atom. The summed E-state index contributed by atoms with van der Waals surface area (Å²) in [7, 11) is 1.58. The van der Waals surface area contributed by atoms with E-state index in [9.17, 15) is 4.79 Å². The van der Waals surface area contributed by atoms with Crippen LogP contribution in [-0.4, -0.2) is 19.6 Å². The molecule has 0 aromatic heterocycles. The highest BCUT2D eigenvalue weighted by Crippen LogP contribution is 2.23. The van der Waals surface area contributed by atoms with Gasteiger partial charge in [0.2, 0.25) is 5.91 Å². The van der Waals surface area contributed by atoms with Crippen LogP contribution in [0.4, 0.5) is 11.4 Å². The van der Waals surface area contributed by atoms with Crippen molar-refractivity contribution in [2.24, 2.45) is 0 Å². The summed E-state index contributed by atoms with van der Waals surface area (Å²) in [6, 6.07) is 13.4. The molecule has 0 heterocycles. The van der Waals surface area contributed by atoms with Crippen LogP contribution in [0.5, 0.6) is 5.75 Å². The molecule has 4 nitrogen and oxygen atoms in total. The van der Waals surface area contributed by atoms with Crippen LogP contribution in [0.1, 0.15) is 5.56 Å². The molecule has 2 N–H and O–H groups in total. The number of hydrogen-bond donors (Lipinski definition) is 2. The summed E-state index contributed by atoms with van der Waals surface area (Å²) in [5.74, 6) is 0.536. The van der Waals surface area contributed by atoms with Crippen molar-refractivity contribution in [1.82, 2.24) is 0 Å². The normalized spacial score (nSPS) is 10.0. The third-order valence-corrected chi connectivity index (χ3v) is 3.68. The van der Waals surface area contributed by atoms with E-state index in [0.29, 0.717) is 11.4 Å². The number of nitrogens with one attached hydrogen (secondary N) is 2. The highest BCUT2D eigenvalue weighted by Gasteiger charge is 2.07. The summed E-state index contributed by atoms with van der Waals surface area (Å²) in [4.78, 5) is 12.0. The molecule has 0 unspecified atom stereocenters. The second kappa shape index (κ2) is 7.31. The van der Waals surface area contributed by atoms with Gasteiger partial charge < -0.3 is 15.4 Å². The van der Waals surface area contributed by atoms with Crippen LogP contribution in [0.2, 0.25) is 0 Å². The maximum atomic E-state index is 12.0. The minimum absolute atomic E-state index is 0.113. The smallest absolute Gasteiger partial charge is 0.243 e. The molecule has 0 spiro atoms. The maximum Gasteiger partial charge on any atom is 0.243 e. The van der Waals surface area contributed by atoms with E-state index in [0.717, 1.165) is 11.3 Å². The number of carbonyl (C=O) groups excluding carboxylic acids is 1. The Hall–Kier alpha value is -1.76. The molecule has 0 saturated carbocycles. The fraction of sp³-hybridized carbons (Fsp3) is 0.188. The predicted octanol–water partition coefficient (Wildman–Crippen LogP) is 3.66. The molecule has 21 heavy (non-hydrogen) atoms. The number of aryl methyl sites for hydroxylation is 1. The SMILES string of the molecule is COc1ccccc1NC(=O)CNc1ccc(I)cc1C. The minimum atomic E-state index is -0.113. The monoisotopic (exact) mass is 396 g/mol. The molecule has 0 saturated heterocycles. The zero-order valence-electron chi connectivity index (χ0n) is 11.9. The van der Waals surface area contributed by atoms with Crippen LogP contribution in [0.3, 0.4) is 0 Å². The fourth-order valence-corrected chi connectivity index (χ4v) is 2.59. The molecule has 0 bridgehead atoms. The highest BCUT2D eigenvalue weighted by molar-refractivity contribution is 14.1. The van der Waals surface area contributed by atoms with Crippen LogP contribution in [-0.2, 0) is 4.79 Å². The Morgan fingerprint density at radius 1 is 1.19 bits per heavy atom. The highest BCUT2D eigenvalue weighted by atomic mass is 127. The summed E-state index contributed by atoms with van der Waals surface area (Å²) in [5, 5.41) is 5.98. The lowest BCUT2D eigenvalue weighted by atomic mass is 10.2. The van der Waals surface area contributed by atoms with Crippen molar-refractivity contribution in [3.63, 3.8) is 0 Å². The number of halogens is 1. The first-order chi connectivity index (χ1) is 10.1. The molecule has 110 valence electrons. The van der Waals surface area contributed by atoms with Crippen LogP contribution in [0, 0.1) is 10.5 Å². The molecule has 0 atom stereocenters. The second-order valence-corrected chi connectivity index (χ2v) is 5.81. The van der Waals surface area contributed by atoms with E-state index < -0.39 is 0 Å². The van der Waals surface area contributed by atoms with Gasteiger partial charge in [0.25, 0.3) is 0 Å². The van der Waals surface area contributed by atoms with E-state index in [1.165, 1.54) is 3.57 Å². The Labute approximate surface area is 138 Å². The molecule has 1 amide bonds. The molecule has 5 heteroatoms. The molecule has 0 radical (unpaired) electrons. The zero-order valence-corrected chi connectivity index (χ0v) is 14.1. The summed E-state index contributed by atoms with van der Waals surface area (Å²) >= 11 is 2.27. The van der Waals surface area contributed by atoms with E-state index >= 15 is 0 Å². The predicted molar refractivity (Wildman–Crippen MR) is 94.0 cm³/mol. The van der Waals surface area contributed by atoms with Crippen molar-refractivity contribution in [3.05, 3.63) is 51.6 Å². The zero-order chi connectivity index (χ0) is 15.2. The van der Waals surface area contributed by atoms with Gasteiger partial charge in [0.15, 0.2) is 0 Å². The molecule has 2 aromatic rings. The average Bonchev–Trinajstić information content (AvgIpc) is 2.47. The average molecular weight is 396 g/mol. The van der Waals surface area contributed by atoms with Gasteiger partial charge in [-0.05, 0) is 65.4 Å². The molecule has 2 aromatic carbocycles. The lowest BCUT2D eigenvalue weighted by Gasteiger charge is -2.12. The Balaban J connectivity index is 1.96. The van der Waals surface area contributed by atoms with Gasteiger partial charge in [-0.15, -0.1) is 0 Å². The summed E-state index contributed by atoms with van der Waals surface area (Å²) in [6.07, 6.45) is 0. The Kier molecular flexibility index (Phi) is 5.44. The van der Waals surface area contributed by atoms with Crippen LogP contribution < -0.4 is 15.4 Å². The summed E-state index contributed by atoms with van der Waals surface area (Å²) in [6.45, 7) is 2.22. The number of carbonyl (C=O) groups is 1. The van der Waals surface area contributed by atoms with Gasteiger partial charge in [-0.25, -0.2) is 0 Å². The lowest BCUT2D eigenvalue weighted by Crippen LogP contribution is -2.22. The van der Waals surface area contributed by atoms with Crippen molar-refractivity contribution in [1.29, 1.82) is 0 Å². The number of hydrogen-bond acceptors (Lipinski definition) is 3. The largest absolute Gasteiger partial charge is 0.495 e. The van der Waals surface area contributed by atoms with Crippen molar-refractivity contribution in [3.8, 4) is 5.75 Å². The van der Waals surface area contributed by atoms with Crippen molar-refractivity contribution in [2.45, 2.75) is 6.92 Å². The quantitative estimate of drug-likeness (QED) is 0.759. The van der Waals surface area contributed by atoms with E-state index in [-0.39, 0.29) is 12.5 Å². The van der Waals surface area contributed by atoms with Gasteiger partial charge in [-0.2, -0.15) is 0 Å². The van der Waals surface area contributed by atoms with Crippen molar-refractivity contribution in [2.75, 3.05) is 24.3 Å². The number of amides is 1. The van der Waals surface area contributed by atoms with E-state index in [1.54, 1.807) is 7.11 Å². The van der Waals surface area contributed by atoms with Crippen LogP contribution >= 0.6 is 22.6 Å².